The summed E-state index contributed by atoms with van der Waals surface area (Å²) < 4.78 is 0. The van der Waals surface area contributed by atoms with Crippen molar-refractivity contribution in [3.63, 3.8) is 0 Å². The fourth-order valence-corrected chi connectivity index (χ4v) is 0.174. The molecule has 0 aromatic carbocycles. The Morgan fingerprint density at radius 3 is 2.75 bits per heavy atom. The van der Waals surface area contributed by atoms with Gasteiger partial charge in [-0.3, -0.25) is 0 Å². The summed E-state index contributed by atoms with van der Waals surface area (Å²) >= 11 is 0. The van der Waals surface area contributed by atoms with Crippen LogP contribution in [0.4, 0.5) is 0 Å². The minimum atomic E-state index is 0.420. The summed E-state index contributed by atoms with van der Waals surface area (Å²) in [5.74, 6) is 0.420. The quantitative estimate of drug-likeness (QED) is 0.250. The minimum Gasteiger partial charge on any atom is -0.385 e. The molecular formula is C5H10N2O. The average Bonchev–Trinajstić information content (AvgIpc) is 1.66. The topological polar surface area (TPSA) is 47.6 Å². The zero-order valence-electron chi connectivity index (χ0n) is 5.09. The molecule has 0 aliphatic carbocycles. The van der Waals surface area contributed by atoms with Gasteiger partial charge in [0.2, 0.25) is 0 Å². The lowest BCUT2D eigenvalue weighted by Gasteiger charge is -1.86. The van der Waals surface area contributed by atoms with Crippen LogP contribution >= 0.6 is 0 Å². The Morgan fingerprint density at radius 2 is 2.38 bits per heavy atom. The molecule has 46 valence electrons. The molecule has 0 radical (unpaired) electrons. The van der Waals surface area contributed by atoms with Crippen LogP contribution in [0.3, 0.4) is 0 Å². The summed E-state index contributed by atoms with van der Waals surface area (Å²) in [6.07, 6.45) is 3.18. The van der Waals surface area contributed by atoms with Crippen molar-refractivity contribution >= 4 is 5.84 Å². The number of hydrogen-bond acceptors (Lipinski definition) is 2. The summed E-state index contributed by atoms with van der Waals surface area (Å²) in [6, 6.07) is 0. The molecule has 8 heavy (non-hydrogen) atoms. The molecule has 0 aliphatic heterocycles. The van der Waals surface area contributed by atoms with E-state index >= 15 is 0 Å². The lowest BCUT2D eigenvalue weighted by Crippen LogP contribution is -2.04. The van der Waals surface area contributed by atoms with Crippen molar-refractivity contribution in [3.05, 3.63) is 12.3 Å². The molecule has 0 amide bonds. The standard InChI is InChI=1S/C5H10N2O/c1-3-4-8-7-5(2)6/h3-4H,1-2H3,(H2,6,7). The SMILES string of the molecule is CC=CO/N=C(/C)N. The molecule has 0 saturated carbocycles. The molecule has 0 spiro atoms. The van der Waals surface area contributed by atoms with Crippen LogP contribution in [0.15, 0.2) is 17.5 Å². The molecule has 0 aromatic rings. The van der Waals surface area contributed by atoms with Gasteiger partial charge in [-0.2, -0.15) is 0 Å². The van der Waals surface area contributed by atoms with Gasteiger partial charge in [0.05, 0.1) is 0 Å². The fourth-order valence-electron chi connectivity index (χ4n) is 0.174. The van der Waals surface area contributed by atoms with Gasteiger partial charge in [0.1, 0.15) is 12.1 Å². The van der Waals surface area contributed by atoms with E-state index in [1.165, 1.54) is 6.26 Å². The number of hydrogen-bond donors (Lipinski definition) is 1. The highest BCUT2D eigenvalue weighted by Crippen LogP contribution is 1.76. The summed E-state index contributed by atoms with van der Waals surface area (Å²) in [5, 5.41) is 3.42. The number of oxime groups is 1. The maximum atomic E-state index is 5.12. The highest BCUT2D eigenvalue weighted by atomic mass is 16.6. The van der Waals surface area contributed by atoms with Crippen molar-refractivity contribution in [2.75, 3.05) is 0 Å². The molecule has 0 rings (SSSR count). The molecule has 2 N–H and O–H groups in total. The van der Waals surface area contributed by atoms with E-state index in [2.05, 4.69) is 9.99 Å². The lowest BCUT2D eigenvalue weighted by molar-refractivity contribution is 0.267. The predicted molar refractivity (Wildman–Crippen MR) is 33.2 cm³/mol. The Morgan fingerprint density at radius 1 is 1.75 bits per heavy atom. The second-order valence-corrected chi connectivity index (χ2v) is 1.31. The first-order valence-corrected chi connectivity index (χ1v) is 2.34. The van der Waals surface area contributed by atoms with Crippen LogP contribution in [-0.4, -0.2) is 5.84 Å². The molecule has 0 saturated heterocycles. The third-order valence-corrected chi connectivity index (χ3v) is 0.394. The van der Waals surface area contributed by atoms with Crippen molar-refractivity contribution in [3.8, 4) is 0 Å². The van der Waals surface area contributed by atoms with Crippen molar-refractivity contribution in [2.45, 2.75) is 13.8 Å². The molecule has 0 atom stereocenters. The van der Waals surface area contributed by atoms with Crippen LogP contribution in [0.5, 0.6) is 0 Å². The monoisotopic (exact) mass is 114 g/mol. The Hall–Kier alpha value is -0.990. The van der Waals surface area contributed by atoms with E-state index in [1.54, 1.807) is 13.0 Å². The molecule has 0 aromatic heterocycles. The van der Waals surface area contributed by atoms with Crippen molar-refractivity contribution in [2.24, 2.45) is 10.9 Å². The normalized spacial score (nSPS) is 12.5. The van der Waals surface area contributed by atoms with Gasteiger partial charge in [0, 0.05) is 0 Å². The van der Waals surface area contributed by atoms with Crippen LogP contribution in [0.1, 0.15) is 13.8 Å². The molecule has 0 bridgehead atoms. The maximum absolute atomic E-state index is 5.12. The number of nitrogens with two attached hydrogens (primary N) is 1. The Labute approximate surface area is 48.8 Å². The van der Waals surface area contributed by atoms with Crippen LogP contribution < -0.4 is 5.73 Å². The first-order chi connectivity index (χ1) is 3.77. The van der Waals surface area contributed by atoms with E-state index in [4.69, 9.17) is 5.73 Å². The Kier molecular flexibility index (Phi) is 3.66. The van der Waals surface area contributed by atoms with Gasteiger partial charge in [-0.25, -0.2) is 0 Å². The van der Waals surface area contributed by atoms with Gasteiger partial charge in [-0.1, -0.05) is 5.16 Å². The van der Waals surface area contributed by atoms with Crippen molar-refractivity contribution in [1.82, 2.24) is 0 Å². The van der Waals surface area contributed by atoms with E-state index in [1.807, 2.05) is 6.92 Å². The fraction of sp³-hybridized carbons (Fsp3) is 0.400. The second kappa shape index (κ2) is 4.18. The van der Waals surface area contributed by atoms with Crippen LogP contribution in [0.25, 0.3) is 0 Å². The molecular weight excluding hydrogens is 104 g/mol. The second-order valence-electron chi connectivity index (χ2n) is 1.31. The highest BCUT2D eigenvalue weighted by molar-refractivity contribution is 5.76. The average molecular weight is 114 g/mol. The predicted octanol–water partition coefficient (Wildman–Crippen LogP) is 0.829. The number of nitrogens with zero attached hydrogens (tertiary/aromatic N) is 1. The molecule has 0 fully saturated rings. The van der Waals surface area contributed by atoms with Crippen LogP contribution in [0.2, 0.25) is 0 Å². The summed E-state index contributed by atoms with van der Waals surface area (Å²) in [4.78, 5) is 4.53. The van der Waals surface area contributed by atoms with Crippen LogP contribution in [-0.2, 0) is 4.84 Å². The van der Waals surface area contributed by atoms with Crippen molar-refractivity contribution in [1.29, 1.82) is 0 Å². The maximum Gasteiger partial charge on any atom is 0.136 e. The smallest absolute Gasteiger partial charge is 0.136 e. The van der Waals surface area contributed by atoms with E-state index < -0.39 is 0 Å². The minimum absolute atomic E-state index is 0.420. The van der Waals surface area contributed by atoms with Gasteiger partial charge < -0.3 is 10.6 Å². The summed E-state index contributed by atoms with van der Waals surface area (Å²) in [5.41, 5.74) is 5.12. The van der Waals surface area contributed by atoms with E-state index in [9.17, 15) is 0 Å². The zero-order valence-corrected chi connectivity index (χ0v) is 5.09. The molecule has 0 unspecified atom stereocenters. The number of rotatable bonds is 2. The van der Waals surface area contributed by atoms with E-state index in [0.717, 1.165) is 0 Å². The largest absolute Gasteiger partial charge is 0.385 e. The van der Waals surface area contributed by atoms with Crippen molar-refractivity contribution < 1.29 is 4.84 Å². The van der Waals surface area contributed by atoms with E-state index in [-0.39, 0.29) is 0 Å². The van der Waals surface area contributed by atoms with Gasteiger partial charge in [-0.15, -0.1) is 0 Å². The third-order valence-electron chi connectivity index (χ3n) is 0.394. The van der Waals surface area contributed by atoms with Gasteiger partial charge >= 0.3 is 0 Å². The Balaban J connectivity index is 3.30. The number of allylic oxidation sites excluding steroid dienone is 1. The molecule has 3 nitrogen and oxygen atoms in total. The first-order valence-electron chi connectivity index (χ1n) is 2.34. The third kappa shape index (κ3) is 5.01. The molecule has 3 heteroatoms. The zero-order chi connectivity index (χ0) is 6.41. The Bertz CT molecular complexity index is 103. The lowest BCUT2D eigenvalue weighted by atomic mass is 10.7. The van der Waals surface area contributed by atoms with Gasteiger partial charge in [0.15, 0.2) is 0 Å². The molecule has 0 aliphatic rings. The van der Waals surface area contributed by atoms with E-state index in [0.29, 0.717) is 5.84 Å². The highest BCUT2D eigenvalue weighted by Gasteiger charge is 1.72. The summed E-state index contributed by atoms with van der Waals surface area (Å²) in [7, 11) is 0. The molecule has 0 heterocycles. The number of amidine groups is 1. The first kappa shape index (κ1) is 7.01. The van der Waals surface area contributed by atoms with Gasteiger partial charge in [0.25, 0.3) is 0 Å². The van der Waals surface area contributed by atoms with Crippen LogP contribution in [0, 0.1) is 0 Å². The summed E-state index contributed by atoms with van der Waals surface area (Å²) in [6.45, 7) is 3.49. The van der Waals surface area contributed by atoms with Gasteiger partial charge in [-0.05, 0) is 19.9 Å².